The number of fused-ring (bicyclic) bond motifs is 1. The Bertz CT molecular complexity index is 1570. The SMILES string of the molecule is CC(C)Oc1ccc(S(=O)(=O)Nc2ccccc2C#Cc2ccc(C(=O)O)nc2)c2ncccc12. The number of aromatic nitrogens is 2. The zero-order valence-electron chi connectivity index (χ0n) is 18.9. The molecule has 0 aliphatic carbocycles. The molecule has 0 saturated heterocycles. The number of rotatable bonds is 6. The Balaban J connectivity index is 1.68. The van der Waals surface area contributed by atoms with Crippen LogP contribution >= 0.6 is 0 Å². The maximum Gasteiger partial charge on any atom is 0.354 e. The van der Waals surface area contributed by atoms with Gasteiger partial charge >= 0.3 is 5.97 Å². The van der Waals surface area contributed by atoms with Crippen LogP contribution in [0.4, 0.5) is 5.69 Å². The fraction of sp³-hybridized carbons (Fsp3) is 0.115. The summed E-state index contributed by atoms with van der Waals surface area (Å²) in [7, 11) is -4.02. The van der Waals surface area contributed by atoms with E-state index in [0.29, 0.717) is 33.5 Å². The van der Waals surface area contributed by atoms with E-state index in [2.05, 4.69) is 26.5 Å². The second-order valence-electron chi connectivity index (χ2n) is 7.77. The molecule has 8 nitrogen and oxygen atoms in total. The highest BCUT2D eigenvalue weighted by Crippen LogP contribution is 2.31. The third-order valence-corrected chi connectivity index (χ3v) is 6.24. The molecule has 9 heteroatoms. The molecule has 35 heavy (non-hydrogen) atoms. The summed E-state index contributed by atoms with van der Waals surface area (Å²) >= 11 is 0. The van der Waals surface area contributed by atoms with Crippen molar-refractivity contribution in [1.82, 2.24) is 9.97 Å². The number of pyridine rings is 2. The van der Waals surface area contributed by atoms with E-state index in [9.17, 15) is 13.2 Å². The van der Waals surface area contributed by atoms with Crippen LogP contribution in [0.15, 0.2) is 78.0 Å². The number of hydrogen-bond acceptors (Lipinski definition) is 6. The van der Waals surface area contributed by atoms with Crippen LogP contribution in [0.5, 0.6) is 5.75 Å². The molecule has 4 aromatic rings. The van der Waals surface area contributed by atoms with Crippen LogP contribution in [0.1, 0.15) is 35.5 Å². The maximum atomic E-state index is 13.4. The third-order valence-electron chi connectivity index (χ3n) is 4.84. The summed E-state index contributed by atoms with van der Waals surface area (Å²) in [6.07, 6.45) is 2.80. The zero-order valence-corrected chi connectivity index (χ0v) is 19.7. The molecular formula is C26H21N3O5S. The van der Waals surface area contributed by atoms with Gasteiger partial charge in [-0.2, -0.15) is 0 Å². The molecule has 0 spiro atoms. The lowest BCUT2D eigenvalue weighted by Crippen LogP contribution is -2.15. The molecule has 2 aromatic heterocycles. The largest absolute Gasteiger partial charge is 0.490 e. The molecule has 176 valence electrons. The standard InChI is InChI=1S/C26H21N3O5S/c1-17(2)34-23-13-14-24(25-20(23)7-5-15-27-25)35(32,33)29-21-8-4-3-6-19(21)11-9-18-10-12-22(26(30)31)28-16-18/h3-8,10,12-17,29H,1-2H3,(H,30,31). The Hall–Kier alpha value is -4.42. The molecular weight excluding hydrogens is 466 g/mol. The number of hydrogen-bond donors (Lipinski definition) is 2. The summed E-state index contributed by atoms with van der Waals surface area (Å²) in [5.74, 6) is 5.22. The Labute approximate surface area is 202 Å². The predicted octanol–water partition coefficient (Wildman–Crippen LogP) is 4.32. The van der Waals surface area contributed by atoms with Gasteiger partial charge in [-0.15, -0.1) is 0 Å². The number of benzene rings is 2. The zero-order chi connectivity index (χ0) is 25.0. The van der Waals surface area contributed by atoms with Gasteiger partial charge < -0.3 is 9.84 Å². The highest BCUT2D eigenvalue weighted by molar-refractivity contribution is 7.93. The van der Waals surface area contributed by atoms with Crippen LogP contribution in [0, 0.1) is 11.8 Å². The number of ether oxygens (including phenoxy) is 1. The van der Waals surface area contributed by atoms with E-state index in [0.717, 1.165) is 0 Å². The van der Waals surface area contributed by atoms with E-state index in [1.807, 2.05) is 13.8 Å². The van der Waals surface area contributed by atoms with Crippen molar-refractivity contribution in [3.63, 3.8) is 0 Å². The molecule has 0 radical (unpaired) electrons. The van der Waals surface area contributed by atoms with Gasteiger partial charge in [0, 0.05) is 28.9 Å². The first-order valence-corrected chi connectivity index (χ1v) is 12.1. The van der Waals surface area contributed by atoms with Gasteiger partial charge in [0.15, 0.2) is 0 Å². The van der Waals surface area contributed by atoms with Crippen molar-refractivity contribution in [3.05, 3.63) is 89.9 Å². The molecule has 0 saturated carbocycles. The third kappa shape index (κ3) is 5.39. The van der Waals surface area contributed by atoms with Gasteiger partial charge in [0.2, 0.25) is 0 Å². The highest BCUT2D eigenvalue weighted by Gasteiger charge is 2.21. The number of carbonyl (C=O) groups is 1. The van der Waals surface area contributed by atoms with Crippen LogP contribution in [-0.2, 0) is 10.0 Å². The van der Waals surface area contributed by atoms with Crippen molar-refractivity contribution in [2.45, 2.75) is 24.8 Å². The Morgan fingerprint density at radius 1 is 1.00 bits per heavy atom. The van der Waals surface area contributed by atoms with Crippen molar-refractivity contribution in [1.29, 1.82) is 0 Å². The smallest absolute Gasteiger partial charge is 0.354 e. The first-order chi connectivity index (χ1) is 16.7. The number of nitrogens with zero attached hydrogens (tertiary/aromatic N) is 2. The van der Waals surface area contributed by atoms with Crippen molar-refractivity contribution in [3.8, 4) is 17.6 Å². The van der Waals surface area contributed by atoms with Crippen LogP contribution in [-0.4, -0.2) is 35.6 Å². The molecule has 0 unspecified atom stereocenters. The van der Waals surface area contributed by atoms with Gasteiger partial charge in [0.05, 0.1) is 17.3 Å². The molecule has 0 atom stereocenters. The van der Waals surface area contributed by atoms with Crippen LogP contribution in [0.2, 0.25) is 0 Å². The summed E-state index contributed by atoms with van der Waals surface area (Å²) < 4.78 is 35.2. The van der Waals surface area contributed by atoms with Crippen LogP contribution < -0.4 is 9.46 Å². The summed E-state index contributed by atoms with van der Waals surface area (Å²) in [6.45, 7) is 3.78. The van der Waals surface area contributed by atoms with E-state index in [-0.39, 0.29) is 16.7 Å². The first-order valence-electron chi connectivity index (χ1n) is 10.6. The Kier molecular flexibility index (Phi) is 6.66. The molecule has 0 aliphatic heterocycles. The number of sulfonamides is 1. The number of carboxylic acids is 1. The lowest BCUT2D eigenvalue weighted by molar-refractivity contribution is 0.0690. The molecule has 0 amide bonds. The van der Waals surface area contributed by atoms with Crippen molar-refractivity contribution in [2.24, 2.45) is 0 Å². The summed E-state index contributed by atoms with van der Waals surface area (Å²) in [6, 6.07) is 16.2. The molecule has 2 heterocycles. The number of nitrogens with one attached hydrogen (secondary N) is 1. The Morgan fingerprint density at radius 3 is 2.51 bits per heavy atom. The molecule has 0 aliphatic rings. The van der Waals surface area contributed by atoms with Crippen LogP contribution in [0.3, 0.4) is 0 Å². The number of anilines is 1. The molecule has 2 N–H and O–H groups in total. The second-order valence-corrected chi connectivity index (χ2v) is 9.42. The first kappa shape index (κ1) is 23.7. The van der Waals surface area contributed by atoms with Gasteiger partial charge in [-0.05, 0) is 62.4 Å². The minimum absolute atomic E-state index is 0.0143. The summed E-state index contributed by atoms with van der Waals surface area (Å²) in [5.41, 5.74) is 1.43. The highest BCUT2D eigenvalue weighted by atomic mass is 32.2. The van der Waals surface area contributed by atoms with Gasteiger partial charge in [0.1, 0.15) is 16.3 Å². The summed E-state index contributed by atoms with van der Waals surface area (Å²) in [4.78, 5) is 19.1. The molecule has 0 bridgehead atoms. The van der Waals surface area contributed by atoms with E-state index in [1.165, 1.54) is 30.6 Å². The van der Waals surface area contributed by atoms with E-state index >= 15 is 0 Å². The molecule has 0 fully saturated rings. The quantitative estimate of drug-likeness (QED) is 0.389. The molecule has 2 aromatic carbocycles. The van der Waals surface area contributed by atoms with Gasteiger partial charge in [0.25, 0.3) is 10.0 Å². The van der Waals surface area contributed by atoms with E-state index in [4.69, 9.17) is 9.84 Å². The van der Waals surface area contributed by atoms with E-state index in [1.54, 1.807) is 42.5 Å². The van der Waals surface area contributed by atoms with Crippen molar-refractivity contribution in [2.75, 3.05) is 4.72 Å². The minimum Gasteiger partial charge on any atom is -0.490 e. The lowest BCUT2D eigenvalue weighted by atomic mass is 10.1. The maximum absolute atomic E-state index is 13.4. The second kappa shape index (κ2) is 9.83. The van der Waals surface area contributed by atoms with Crippen molar-refractivity contribution < 1.29 is 23.1 Å². The average Bonchev–Trinajstić information content (AvgIpc) is 2.83. The Morgan fingerprint density at radius 2 is 1.80 bits per heavy atom. The predicted molar refractivity (Wildman–Crippen MR) is 132 cm³/mol. The average molecular weight is 488 g/mol. The summed E-state index contributed by atoms with van der Waals surface area (Å²) in [5, 5.41) is 9.56. The normalized spacial score (nSPS) is 11.1. The van der Waals surface area contributed by atoms with Gasteiger partial charge in [-0.3, -0.25) is 9.71 Å². The monoisotopic (exact) mass is 487 g/mol. The molecule has 4 rings (SSSR count). The fourth-order valence-electron chi connectivity index (χ4n) is 3.31. The lowest BCUT2D eigenvalue weighted by Gasteiger charge is -2.15. The van der Waals surface area contributed by atoms with Crippen LogP contribution in [0.25, 0.3) is 10.9 Å². The fourth-order valence-corrected chi connectivity index (χ4v) is 4.55. The van der Waals surface area contributed by atoms with Crippen molar-refractivity contribution >= 4 is 32.6 Å². The minimum atomic E-state index is -4.02. The number of aromatic carboxylic acids is 1. The topological polar surface area (TPSA) is 118 Å². The van der Waals surface area contributed by atoms with Gasteiger partial charge in [-0.1, -0.05) is 24.0 Å². The number of carboxylic acid groups (broad SMARTS) is 1. The number of para-hydroxylation sites is 1. The van der Waals surface area contributed by atoms with Gasteiger partial charge in [-0.25, -0.2) is 18.2 Å². The van der Waals surface area contributed by atoms with E-state index < -0.39 is 16.0 Å².